The van der Waals surface area contributed by atoms with E-state index in [-0.39, 0.29) is 24.0 Å². The number of hydrogen-bond acceptors (Lipinski definition) is 3. The molecule has 0 aliphatic heterocycles. The molecule has 0 fully saturated rings. The lowest BCUT2D eigenvalue weighted by Gasteiger charge is -2.24. The van der Waals surface area contributed by atoms with Crippen molar-refractivity contribution in [1.29, 1.82) is 0 Å². The third-order valence-electron chi connectivity index (χ3n) is 3.72. The monoisotopic (exact) mass is 447 g/mol. The summed E-state index contributed by atoms with van der Waals surface area (Å²) in [7, 11) is 6.01. The Morgan fingerprint density at radius 2 is 1.83 bits per heavy atom. The Bertz CT molecular complexity index is 476. The summed E-state index contributed by atoms with van der Waals surface area (Å²) in [4.78, 5) is 8.84. The number of benzene rings is 1. The molecular formula is C18H34IN5. The summed E-state index contributed by atoms with van der Waals surface area (Å²) in [5.41, 5.74) is 2.58. The van der Waals surface area contributed by atoms with Crippen LogP contribution in [0.1, 0.15) is 18.9 Å². The average Bonchev–Trinajstić information content (AvgIpc) is 2.53. The van der Waals surface area contributed by atoms with Gasteiger partial charge >= 0.3 is 0 Å². The largest absolute Gasteiger partial charge is 0.370 e. The minimum Gasteiger partial charge on any atom is -0.370 e. The Kier molecular flexibility index (Phi) is 12.7. The number of guanidine groups is 1. The van der Waals surface area contributed by atoms with Gasteiger partial charge in [-0.3, -0.25) is 4.99 Å². The number of rotatable bonds is 9. The lowest BCUT2D eigenvalue weighted by molar-refractivity contribution is 0.399. The highest BCUT2D eigenvalue weighted by Crippen LogP contribution is 2.14. The Morgan fingerprint density at radius 1 is 1.12 bits per heavy atom. The summed E-state index contributed by atoms with van der Waals surface area (Å²) in [6.45, 7) is 9.17. The van der Waals surface area contributed by atoms with E-state index in [9.17, 15) is 0 Å². The number of hydrogen-bond donors (Lipinski definition) is 2. The maximum atomic E-state index is 4.28. The molecule has 1 aromatic rings. The van der Waals surface area contributed by atoms with Crippen molar-refractivity contribution in [2.45, 2.75) is 20.3 Å². The molecule has 6 heteroatoms. The lowest BCUT2D eigenvalue weighted by atomic mass is 10.2. The molecule has 0 atom stereocenters. The van der Waals surface area contributed by atoms with E-state index in [0.29, 0.717) is 0 Å². The van der Waals surface area contributed by atoms with Crippen molar-refractivity contribution < 1.29 is 0 Å². The van der Waals surface area contributed by atoms with Gasteiger partial charge < -0.3 is 20.4 Å². The van der Waals surface area contributed by atoms with Gasteiger partial charge in [0.15, 0.2) is 5.96 Å². The fraction of sp³-hybridized carbons (Fsp3) is 0.611. The van der Waals surface area contributed by atoms with E-state index in [4.69, 9.17) is 0 Å². The summed E-state index contributed by atoms with van der Waals surface area (Å²) < 4.78 is 0. The smallest absolute Gasteiger partial charge is 0.191 e. The van der Waals surface area contributed by atoms with Crippen molar-refractivity contribution in [3.05, 3.63) is 29.8 Å². The quantitative estimate of drug-likeness (QED) is 0.264. The normalized spacial score (nSPS) is 11.2. The topological polar surface area (TPSA) is 42.9 Å². The number of nitrogens with one attached hydrogen (secondary N) is 2. The Balaban J connectivity index is 0.00000529. The summed E-state index contributed by atoms with van der Waals surface area (Å²) >= 11 is 0. The highest BCUT2D eigenvalue weighted by molar-refractivity contribution is 14.0. The van der Waals surface area contributed by atoms with E-state index in [1.165, 1.54) is 11.3 Å². The number of likely N-dealkylation sites (N-methyl/N-ethyl adjacent to an activating group) is 1. The van der Waals surface area contributed by atoms with E-state index in [1.54, 1.807) is 0 Å². The van der Waals surface area contributed by atoms with E-state index < -0.39 is 0 Å². The van der Waals surface area contributed by atoms with Crippen LogP contribution in [0.25, 0.3) is 0 Å². The maximum Gasteiger partial charge on any atom is 0.191 e. The molecule has 0 saturated carbocycles. The minimum atomic E-state index is 0. The molecule has 1 rings (SSSR count). The van der Waals surface area contributed by atoms with Crippen LogP contribution in [0.15, 0.2) is 29.3 Å². The zero-order chi connectivity index (χ0) is 17.1. The molecule has 0 unspecified atom stereocenters. The van der Waals surface area contributed by atoms with Crippen molar-refractivity contribution in [2.24, 2.45) is 4.99 Å². The van der Waals surface area contributed by atoms with Crippen LogP contribution < -0.4 is 15.5 Å². The van der Waals surface area contributed by atoms with E-state index in [1.807, 2.05) is 7.05 Å². The molecule has 0 spiro atoms. The minimum absolute atomic E-state index is 0. The molecule has 5 nitrogen and oxygen atoms in total. The van der Waals surface area contributed by atoms with Gasteiger partial charge in [0.1, 0.15) is 0 Å². The second kappa shape index (κ2) is 13.3. The first-order valence-electron chi connectivity index (χ1n) is 8.47. The zero-order valence-electron chi connectivity index (χ0n) is 15.8. The molecule has 0 saturated heterocycles. The van der Waals surface area contributed by atoms with Crippen LogP contribution in [0.3, 0.4) is 0 Å². The Morgan fingerprint density at radius 3 is 2.42 bits per heavy atom. The van der Waals surface area contributed by atoms with Crippen LogP contribution in [-0.4, -0.2) is 64.7 Å². The summed E-state index contributed by atoms with van der Waals surface area (Å²) in [6, 6.07) is 8.66. The maximum absolute atomic E-state index is 4.28. The van der Waals surface area contributed by atoms with Crippen molar-refractivity contribution in [1.82, 2.24) is 15.5 Å². The zero-order valence-corrected chi connectivity index (χ0v) is 18.1. The van der Waals surface area contributed by atoms with Crippen LogP contribution in [0.4, 0.5) is 5.69 Å². The van der Waals surface area contributed by atoms with Crippen LogP contribution in [0.2, 0.25) is 0 Å². The highest BCUT2D eigenvalue weighted by atomic mass is 127. The first-order chi connectivity index (χ1) is 11.1. The van der Waals surface area contributed by atoms with Crippen molar-refractivity contribution in [3.8, 4) is 0 Å². The van der Waals surface area contributed by atoms with E-state index in [0.717, 1.165) is 45.1 Å². The number of nitrogens with zero attached hydrogens (tertiary/aromatic N) is 3. The fourth-order valence-corrected chi connectivity index (χ4v) is 2.43. The van der Waals surface area contributed by atoms with Gasteiger partial charge in [0.2, 0.25) is 0 Å². The molecule has 1 aromatic carbocycles. The molecule has 2 N–H and O–H groups in total. The second-order valence-corrected chi connectivity index (χ2v) is 6.00. The Labute approximate surface area is 164 Å². The summed E-state index contributed by atoms with van der Waals surface area (Å²) in [5, 5.41) is 6.75. The van der Waals surface area contributed by atoms with Gasteiger partial charge in [-0.05, 0) is 58.6 Å². The first kappa shape index (κ1) is 23.0. The van der Waals surface area contributed by atoms with Gasteiger partial charge in [0.05, 0.1) is 0 Å². The van der Waals surface area contributed by atoms with Gasteiger partial charge in [0.25, 0.3) is 0 Å². The van der Waals surface area contributed by atoms with Gasteiger partial charge in [-0.1, -0.05) is 12.1 Å². The molecule has 0 heterocycles. The predicted octanol–water partition coefficient (Wildman–Crippen LogP) is 2.56. The van der Waals surface area contributed by atoms with Crippen LogP contribution in [0, 0.1) is 6.92 Å². The standard InChI is InChI=1S/C18H33N5.HI/c1-6-23(17-10-7-9-16(2)15-17)14-12-21-18(19-3)20-11-8-13-22(4)5;/h7,9-10,15H,6,8,11-14H2,1-5H3,(H2,19,20,21);1H. The summed E-state index contributed by atoms with van der Waals surface area (Å²) in [5.74, 6) is 0.879. The molecule has 0 aromatic heterocycles. The Hall–Kier alpha value is -1.02. The van der Waals surface area contributed by atoms with Gasteiger partial charge in [-0.2, -0.15) is 0 Å². The number of halogens is 1. The predicted molar refractivity (Wildman–Crippen MR) is 117 cm³/mol. The van der Waals surface area contributed by atoms with Crippen molar-refractivity contribution >= 4 is 35.6 Å². The molecule has 138 valence electrons. The molecule has 24 heavy (non-hydrogen) atoms. The molecule has 0 bridgehead atoms. The van der Waals surface area contributed by atoms with E-state index in [2.05, 4.69) is 77.6 Å². The second-order valence-electron chi connectivity index (χ2n) is 6.00. The third-order valence-corrected chi connectivity index (χ3v) is 3.72. The molecule has 0 aliphatic rings. The highest BCUT2D eigenvalue weighted by Gasteiger charge is 2.04. The average molecular weight is 447 g/mol. The number of aryl methyl sites for hydroxylation is 1. The number of aliphatic imine (C=N–C) groups is 1. The van der Waals surface area contributed by atoms with E-state index >= 15 is 0 Å². The molecule has 0 amide bonds. The van der Waals surface area contributed by atoms with Crippen LogP contribution >= 0.6 is 24.0 Å². The molecule has 0 aliphatic carbocycles. The number of anilines is 1. The molecule has 0 radical (unpaired) electrons. The first-order valence-corrected chi connectivity index (χ1v) is 8.47. The SMILES string of the molecule is CCN(CCNC(=NC)NCCCN(C)C)c1cccc(C)c1.I. The van der Waals surface area contributed by atoms with Crippen LogP contribution in [-0.2, 0) is 0 Å². The fourth-order valence-electron chi connectivity index (χ4n) is 2.43. The van der Waals surface area contributed by atoms with Gasteiger partial charge in [-0.25, -0.2) is 0 Å². The van der Waals surface area contributed by atoms with Gasteiger partial charge in [-0.15, -0.1) is 24.0 Å². The van der Waals surface area contributed by atoms with Crippen molar-refractivity contribution in [3.63, 3.8) is 0 Å². The third kappa shape index (κ3) is 9.32. The summed E-state index contributed by atoms with van der Waals surface area (Å²) in [6.07, 6.45) is 1.11. The van der Waals surface area contributed by atoms with Crippen molar-refractivity contribution in [2.75, 3.05) is 58.8 Å². The van der Waals surface area contributed by atoms with Crippen LogP contribution in [0.5, 0.6) is 0 Å². The lowest BCUT2D eigenvalue weighted by Crippen LogP contribution is -2.42. The van der Waals surface area contributed by atoms with Gasteiger partial charge in [0, 0.05) is 38.9 Å². The molecular weight excluding hydrogens is 413 g/mol.